The Balaban J connectivity index is 1.91. The highest BCUT2D eigenvalue weighted by Gasteiger charge is 2.13. The Morgan fingerprint density at radius 1 is 0.786 bits per heavy atom. The summed E-state index contributed by atoms with van der Waals surface area (Å²) in [6.07, 6.45) is 4.17. The third kappa shape index (κ3) is 3.28. The first-order valence-electron chi connectivity index (χ1n) is 8.73. The second-order valence-electron chi connectivity index (χ2n) is 6.31. The highest BCUT2D eigenvalue weighted by molar-refractivity contribution is 7.94. The van der Waals surface area contributed by atoms with Crippen LogP contribution in [-0.4, -0.2) is 19.3 Å². The minimum Gasteiger partial charge on any atom is -0.313 e. The van der Waals surface area contributed by atoms with Crippen LogP contribution in [0.15, 0.2) is 95.4 Å². The summed E-state index contributed by atoms with van der Waals surface area (Å²) in [6, 6.07) is 23.4. The lowest BCUT2D eigenvalue weighted by atomic mass is 10.0. The molecule has 28 heavy (non-hydrogen) atoms. The number of aromatic nitrogens is 1. The first-order valence-corrected chi connectivity index (χ1v) is 10.3. The van der Waals surface area contributed by atoms with Gasteiger partial charge < -0.3 is 4.57 Å². The Morgan fingerprint density at radius 2 is 1.54 bits per heavy atom. The van der Waals surface area contributed by atoms with Gasteiger partial charge in [-0.25, -0.2) is 8.42 Å². The van der Waals surface area contributed by atoms with Crippen LogP contribution < -0.4 is 0 Å². The number of sulfone groups is 1. The Hall–Kier alpha value is -3.44. The number of carbonyl (C=O) groups excluding carboxylic acids is 1. The van der Waals surface area contributed by atoms with E-state index < -0.39 is 9.84 Å². The number of hydrogen-bond donors (Lipinski definition) is 0. The van der Waals surface area contributed by atoms with Crippen molar-refractivity contribution >= 4 is 33.0 Å². The number of aldehydes is 1. The lowest BCUT2D eigenvalue weighted by molar-refractivity contribution is 0.111. The third-order valence-electron chi connectivity index (χ3n) is 4.57. The van der Waals surface area contributed by atoms with Gasteiger partial charge in [0.15, 0.2) is 16.1 Å². The molecule has 0 fully saturated rings. The van der Waals surface area contributed by atoms with Crippen LogP contribution in [0.3, 0.4) is 0 Å². The molecule has 4 rings (SSSR count). The van der Waals surface area contributed by atoms with Crippen molar-refractivity contribution in [1.82, 2.24) is 4.57 Å². The topological polar surface area (TPSA) is 56.1 Å². The van der Waals surface area contributed by atoms with Gasteiger partial charge in [-0.15, -0.1) is 0 Å². The molecule has 4 aromatic rings. The SMILES string of the molecule is O=Cc1cccn1-c1c(/C=C/S(=O)(=O)c2ccccc2)ccc2ccccc12. The van der Waals surface area contributed by atoms with Gasteiger partial charge in [-0.05, 0) is 41.3 Å². The molecule has 0 aliphatic carbocycles. The van der Waals surface area contributed by atoms with Crippen molar-refractivity contribution < 1.29 is 13.2 Å². The van der Waals surface area contributed by atoms with E-state index >= 15 is 0 Å². The van der Waals surface area contributed by atoms with Crippen LogP contribution in [0.2, 0.25) is 0 Å². The standard InChI is InChI=1S/C23H17NO3S/c25-17-20-8-6-15-24(20)23-19(13-12-18-7-4-5-11-22(18)23)14-16-28(26,27)21-9-2-1-3-10-21/h1-17H/b16-14+. The predicted molar refractivity (Wildman–Crippen MR) is 111 cm³/mol. The van der Waals surface area contributed by atoms with Gasteiger partial charge in [-0.3, -0.25) is 4.79 Å². The maximum Gasteiger partial charge on any atom is 0.199 e. The maximum absolute atomic E-state index is 12.6. The summed E-state index contributed by atoms with van der Waals surface area (Å²) >= 11 is 0. The molecule has 0 saturated carbocycles. The van der Waals surface area contributed by atoms with Crippen molar-refractivity contribution in [3.63, 3.8) is 0 Å². The fourth-order valence-electron chi connectivity index (χ4n) is 3.22. The van der Waals surface area contributed by atoms with Gasteiger partial charge in [0.25, 0.3) is 0 Å². The van der Waals surface area contributed by atoms with Gasteiger partial charge in [0.05, 0.1) is 16.3 Å². The fraction of sp³-hybridized carbons (Fsp3) is 0. The van der Waals surface area contributed by atoms with Crippen molar-refractivity contribution in [3.8, 4) is 5.69 Å². The van der Waals surface area contributed by atoms with Crippen LogP contribution in [0, 0.1) is 0 Å². The van der Waals surface area contributed by atoms with Crippen molar-refractivity contribution in [2.45, 2.75) is 4.90 Å². The molecule has 3 aromatic carbocycles. The molecule has 4 nitrogen and oxygen atoms in total. The van der Waals surface area contributed by atoms with Gasteiger partial charge >= 0.3 is 0 Å². The summed E-state index contributed by atoms with van der Waals surface area (Å²) in [7, 11) is -3.57. The number of rotatable bonds is 5. The minimum absolute atomic E-state index is 0.239. The van der Waals surface area contributed by atoms with Gasteiger partial charge in [0.2, 0.25) is 0 Å². The number of nitrogens with zero attached hydrogens (tertiary/aromatic N) is 1. The monoisotopic (exact) mass is 387 g/mol. The van der Waals surface area contributed by atoms with E-state index in [9.17, 15) is 13.2 Å². The molecule has 0 bridgehead atoms. The van der Waals surface area contributed by atoms with Crippen molar-refractivity contribution in [2.75, 3.05) is 0 Å². The molecule has 0 aliphatic rings. The molecule has 1 aromatic heterocycles. The van der Waals surface area contributed by atoms with Crippen molar-refractivity contribution in [1.29, 1.82) is 0 Å². The largest absolute Gasteiger partial charge is 0.313 e. The quantitative estimate of drug-likeness (QED) is 0.458. The van der Waals surface area contributed by atoms with Crippen LogP contribution in [0.25, 0.3) is 22.5 Å². The highest BCUT2D eigenvalue weighted by Crippen LogP contribution is 2.29. The third-order valence-corrected chi connectivity index (χ3v) is 6.00. The molecule has 0 aliphatic heterocycles. The van der Waals surface area contributed by atoms with E-state index in [4.69, 9.17) is 0 Å². The maximum atomic E-state index is 12.6. The Morgan fingerprint density at radius 3 is 2.32 bits per heavy atom. The van der Waals surface area contributed by atoms with E-state index in [0.29, 0.717) is 11.3 Å². The Kier molecular flexibility index (Phi) is 4.67. The summed E-state index contributed by atoms with van der Waals surface area (Å²) in [6.45, 7) is 0. The molecule has 0 atom stereocenters. The highest BCUT2D eigenvalue weighted by atomic mass is 32.2. The second-order valence-corrected chi connectivity index (χ2v) is 8.14. The zero-order valence-electron chi connectivity index (χ0n) is 14.9. The number of carbonyl (C=O) groups is 1. The van der Waals surface area contributed by atoms with Crippen molar-refractivity contribution in [2.24, 2.45) is 0 Å². The molecule has 0 unspecified atom stereocenters. The smallest absolute Gasteiger partial charge is 0.199 e. The van der Waals surface area contributed by atoms with E-state index in [1.54, 1.807) is 59.3 Å². The van der Waals surface area contributed by atoms with Crippen LogP contribution in [0.1, 0.15) is 16.1 Å². The van der Waals surface area contributed by atoms with Crippen LogP contribution in [0.5, 0.6) is 0 Å². The molecule has 0 amide bonds. The molecule has 0 radical (unpaired) electrons. The van der Waals surface area contributed by atoms with Gasteiger partial charge in [0, 0.05) is 17.0 Å². The molecule has 138 valence electrons. The first kappa shape index (κ1) is 17.9. The van der Waals surface area contributed by atoms with Crippen molar-refractivity contribution in [3.05, 3.63) is 102 Å². The Bertz CT molecular complexity index is 1290. The second kappa shape index (κ2) is 7.29. The van der Waals surface area contributed by atoms with E-state index in [1.165, 1.54) is 5.41 Å². The normalized spacial score (nSPS) is 11.9. The summed E-state index contributed by atoms with van der Waals surface area (Å²) in [5.74, 6) is 0. The van der Waals surface area contributed by atoms with E-state index in [0.717, 1.165) is 22.7 Å². The molecule has 5 heteroatoms. The average molecular weight is 387 g/mol. The lowest BCUT2D eigenvalue weighted by Crippen LogP contribution is -2.02. The van der Waals surface area contributed by atoms with Crippen LogP contribution in [-0.2, 0) is 9.84 Å². The lowest BCUT2D eigenvalue weighted by Gasteiger charge is -2.14. The summed E-state index contributed by atoms with van der Waals surface area (Å²) < 4.78 is 27.1. The van der Waals surface area contributed by atoms with Gasteiger partial charge in [0.1, 0.15) is 0 Å². The predicted octanol–water partition coefficient (Wildman–Crippen LogP) is 4.89. The average Bonchev–Trinajstić information content (AvgIpc) is 3.21. The molecule has 0 saturated heterocycles. The van der Waals surface area contributed by atoms with E-state index in [-0.39, 0.29) is 4.90 Å². The molecule has 0 N–H and O–H groups in total. The number of fused-ring (bicyclic) bond motifs is 1. The zero-order chi connectivity index (χ0) is 19.6. The van der Waals surface area contributed by atoms with Crippen LogP contribution >= 0.6 is 0 Å². The van der Waals surface area contributed by atoms with Gasteiger partial charge in [-0.1, -0.05) is 54.6 Å². The molecular weight excluding hydrogens is 370 g/mol. The number of hydrogen-bond acceptors (Lipinski definition) is 3. The molecule has 0 spiro atoms. The first-order chi connectivity index (χ1) is 13.6. The van der Waals surface area contributed by atoms with E-state index in [2.05, 4.69) is 0 Å². The van der Waals surface area contributed by atoms with E-state index in [1.807, 2.05) is 36.4 Å². The minimum atomic E-state index is -3.57. The summed E-state index contributed by atoms with van der Waals surface area (Å²) in [5, 5.41) is 3.15. The molecular formula is C23H17NO3S. The van der Waals surface area contributed by atoms with Crippen LogP contribution in [0.4, 0.5) is 0 Å². The fourth-order valence-corrected chi connectivity index (χ4v) is 4.24. The number of benzene rings is 3. The molecule has 1 heterocycles. The Labute approximate surface area is 163 Å². The zero-order valence-corrected chi connectivity index (χ0v) is 15.7. The summed E-state index contributed by atoms with van der Waals surface area (Å²) in [5.41, 5.74) is 1.97. The summed E-state index contributed by atoms with van der Waals surface area (Å²) in [4.78, 5) is 11.7. The van der Waals surface area contributed by atoms with Gasteiger partial charge in [-0.2, -0.15) is 0 Å².